The number of aryl methyl sites for hydroxylation is 2. The van der Waals surface area contributed by atoms with E-state index in [-0.39, 0.29) is 11.4 Å². The van der Waals surface area contributed by atoms with Crippen LogP contribution in [-0.4, -0.2) is 18.2 Å². The number of phenols is 1. The zero-order chi connectivity index (χ0) is 15.7. The van der Waals surface area contributed by atoms with E-state index >= 15 is 0 Å². The molecule has 1 fully saturated rings. The van der Waals surface area contributed by atoms with E-state index in [0.717, 1.165) is 23.1 Å². The van der Waals surface area contributed by atoms with Crippen LogP contribution in [0.25, 0.3) is 11.0 Å². The van der Waals surface area contributed by atoms with Gasteiger partial charge in [0.15, 0.2) is 0 Å². The van der Waals surface area contributed by atoms with Gasteiger partial charge < -0.3 is 14.4 Å². The third kappa shape index (κ3) is 2.88. The number of likely N-dealkylation sites (tertiary alicyclic amines) is 1. The Labute approximate surface area is 130 Å². The minimum atomic E-state index is -0.363. The third-order valence-electron chi connectivity index (χ3n) is 4.78. The molecule has 118 valence electrons. The molecule has 3 rings (SSSR count). The van der Waals surface area contributed by atoms with Crippen LogP contribution in [0, 0.1) is 13.8 Å². The molecule has 0 radical (unpaired) electrons. The summed E-state index contributed by atoms with van der Waals surface area (Å²) < 4.78 is 5.30. The first kappa shape index (κ1) is 15.1. The second-order valence-corrected chi connectivity index (χ2v) is 6.48. The SMILES string of the molecule is Cc1cc(=O)oc2c(C)c(O)c(C[NH+]3CCCCCC3)cc12. The Bertz CT molecular complexity index is 740. The highest BCUT2D eigenvalue weighted by atomic mass is 16.4. The summed E-state index contributed by atoms with van der Waals surface area (Å²) in [5, 5.41) is 11.4. The van der Waals surface area contributed by atoms with E-state index in [1.807, 2.05) is 19.9 Å². The van der Waals surface area contributed by atoms with Crippen molar-refractivity contribution in [2.24, 2.45) is 0 Å². The van der Waals surface area contributed by atoms with Gasteiger partial charge in [-0.2, -0.15) is 0 Å². The average molecular weight is 302 g/mol. The van der Waals surface area contributed by atoms with Crippen molar-refractivity contribution in [2.75, 3.05) is 13.1 Å². The van der Waals surface area contributed by atoms with Gasteiger partial charge in [-0.25, -0.2) is 4.79 Å². The molecule has 0 unspecified atom stereocenters. The molecule has 2 aromatic rings. The lowest BCUT2D eigenvalue weighted by Gasteiger charge is -2.19. The number of benzene rings is 1. The molecule has 1 aromatic carbocycles. The van der Waals surface area contributed by atoms with Crippen LogP contribution in [0.5, 0.6) is 5.75 Å². The van der Waals surface area contributed by atoms with Gasteiger partial charge in [0.05, 0.1) is 13.1 Å². The van der Waals surface area contributed by atoms with Gasteiger partial charge in [0.1, 0.15) is 17.9 Å². The number of phenolic OH excluding ortho intramolecular Hbond substituents is 1. The lowest BCUT2D eigenvalue weighted by molar-refractivity contribution is -0.913. The third-order valence-corrected chi connectivity index (χ3v) is 4.78. The number of quaternary nitrogens is 1. The summed E-state index contributed by atoms with van der Waals surface area (Å²) in [6.45, 7) is 6.90. The van der Waals surface area contributed by atoms with Crippen LogP contribution in [0.2, 0.25) is 0 Å². The Morgan fingerprint density at radius 2 is 1.82 bits per heavy atom. The molecular formula is C18H24NO3+. The fraction of sp³-hybridized carbons (Fsp3) is 0.500. The smallest absolute Gasteiger partial charge is 0.336 e. The van der Waals surface area contributed by atoms with E-state index in [1.165, 1.54) is 49.7 Å². The molecule has 22 heavy (non-hydrogen) atoms. The van der Waals surface area contributed by atoms with Gasteiger partial charge in [-0.05, 0) is 51.2 Å². The Morgan fingerprint density at radius 1 is 1.14 bits per heavy atom. The van der Waals surface area contributed by atoms with Crippen molar-refractivity contribution in [2.45, 2.75) is 46.1 Å². The minimum absolute atomic E-state index is 0.276. The van der Waals surface area contributed by atoms with Crippen LogP contribution >= 0.6 is 0 Å². The molecule has 0 amide bonds. The van der Waals surface area contributed by atoms with Crippen molar-refractivity contribution in [3.8, 4) is 5.75 Å². The summed E-state index contributed by atoms with van der Waals surface area (Å²) in [4.78, 5) is 13.1. The lowest BCUT2D eigenvalue weighted by Crippen LogP contribution is -3.10. The predicted octanol–water partition coefficient (Wildman–Crippen LogP) is 2.07. The number of aromatic hydroxyl groups is 1. The van der Waals surface area contributed by atoms with Crippen LogP contribution < -0.4 is 10.5 Å². The fourth-order valence-corrected chi connectivity index (χ4v) is 3.48. The van der Waals surface area contributed by atoms with Gasteiger partial charge in [0.25, 0.3) is 0 Å². The summed E-state index contributed by atoms with van der Waals surface area (Å²) in [5.74, 6) is 0.276. The monoisotopic (exact) mass is 302 g/mol. The molecule has 1 saturated heterocycles. The maximum absolute atomic E-state index is 11.6. The lowest BCUT2D eigenvalue weighted by atomic mass is 10.0. The highest BCUT2D eigenvalue weighted by Crippen LogP contribution is 2.31. The molecule has 0 bridgehead atoms. The van der Waals surface area contributed by atoms with Gasteiger partial charge >= 0.3 is 5.63 Å². The van der Waals surface area contributed by atoms with Gasteiger partial charge in [-0.15, -0.1) is 0 Å². The van der Waals surface area contributed by atoms with E-state index in [9.17, 15) is 9.90 Å². The number of fused-ring (bicyclic) bond motifs is 1. The van der Waals surface area contributed by atoms with Crippen LogP contribution in [0.1, 0.15) is 42.4 Å². The van der Waals surface area contributed by atoms with Gasteiger partial charge in [-0.1, -0.05) is 0 Å². The summed E-state index contributed by atoms with van der Waals surface area (Å²) in [5.41, 5.74) is 2.68. The second-order valence-electron chi connectivity index (χ2n) is 6.48. The molecule has 4 heteroatoms. The van der Waals surface area contributed by atoms with Gasteiger partial charge in [-0.3, -0.25) is 0 Å². The Hall–Kier alpha value is -1.81. The highest BCUT2D eigenvalue weighted by Gasteiger charge is 2.19. The molecule has 1 aromatic heterocycles. The van der Waals surface area contributed by atoms with Gasteiger partial charge in [0.2, 0.25) is 0 Å². The van der Waals surface area contributed by atoms with E-state index in [0.29, 0.717) is 11.1 Å². The maximum Gasteiger partial charge on any atom is 0.336 e. The van der Waals surface area contributed by atoms with Crippen LogP contribution in [0.15, 0.2) is 21.3 Å². The van der Waals surface area contributed by atoms with E-state index in [1.54, 1.807) is 0 Å². The van der Waals surface area contributed by atoms with E-state index in [4.69, 9.17) is 4.42 Å². The average Bonchev–Trinajstić information content (AvgIpc) is 2.74. The Morgan fingerprint density at radius 3 is 2.50 bits per heavy atom. The first-order valence-corrected chi connectivity index (χ1v) is 8.15. The standard InChI is InChI=1S/C18H23NO3/c1-12-9-16(20)22-18-13(2)17(21)14(10-15(12)18)11-19-7-5-3-4-6-8-19/h9-10,21H,3-8,11H2,1-2H3/p+1. The van der Waals surface area contributed by atoms with Gasteiger partial charge in [0, 0.05) is 22.6 Å². The first-order chi connectivity index (χ1) is 10.6. The molecule has 2 heterocycles. The zero-order valence-electron chi connectivity index (χ0n) is 13.4. The quantitative estimate of drug-likeness (QED) is 0.835. The van der Waals surface area contributed by atoms with Crippen molar-refractivity contribution in [1.82, 2.24) is 0 Å². The summed E-state index contributed by atoms with van der Waals surface area (Å²) in [6.07, 6.45) is 5.15. The van der Waals surface area contributed by atoms with Crippen LogP contribution in [-0.2, 0) is 6.54 Å². The normalized spacial score (nSPS) is 16.8. The molecule has 2 N–H and O–H groups in total. The maximum atomic E-state index is 11.6. The van der Waals surface area contributed by atoms with Crippen LogP contribution in [0.3, 0.4) is 0 Å². The summed E-state index contributed by atoms with van der Waals surface area (Å²) in [7, 11) is 0. The van der Waals surface area contributed by atoms with Crippen molar-refractivity contribution < 1.29 is 14.4 Å². The van der Waals surface area contributed by atoms with Crippen molar-refractivity contribution in [1.29, 1.82) is 0 Å². The summed E-state index contributed by atoms with van der Waals surface area (Å²) in [6, 6.07) is 3.51. The first-order valence-electron chi connectivity index (χ1n) is 8.15. The topological polar surface area (TPSA) is 54.9 Å². The van der Waals surface area contributed by atoms with Crippen molar-refractivity contribution >= 4 is 11.0 Å². The van der Waals surface area contributed by atoms with E-state index in [2.05, 4.69) is 0 Å². The van der Waals surface area contributed by atoms with E-state index < -0.39 is 0 Å². The van der Waals surface area contributed by atoms with Crippen molar-refractivity contribution in [3.63, 3.8) is 0 Å². The fourth-order valence-electron chi connectivity index (χ4n) is 3.48. The molecule has 0 atom stereocenters. The van der Waals surface area contributed by atoms with Crippen LogP contribution in [0.4, 0.5) is 0 Å². The zero-order valence-corrected chi connectivity index (χ0v) is 13.4. The Kier molecular flexibility index (Phi) is 4.21. The largest absolute Gasteiger partial charge is 0.507 e. The minimum Gasteiger partial charge on any atom is -0.507 e. The molecular weight excluding hydrogens is 278 g/mol. The number of hydrogen-bond acceptors (Lipinski definition) is 3. The van der Waals surface area contributed by atoms with Crippen molar-refractivity contribution in [3.05, 3.63) is 39.2 Å². The predicted molar refractivity (Wildman–Crippen MR) is 86.5 cm³/mol. The molecule has 0 spiro atoms. The molecule has 0 aliphatic carbocycles. The number of nitrogens with one attached hydrogen (secondary N) is 1. The molecule has 4 nitrogen and oxygen atoms in total. The highest BCUT2D eigenvalue weighted by molar-refractivity contribution is 5.85. The number of hydrogen-bond donors (Lipinski definition) is 2. The Balaban J connectivity index is 2.02. The molecule has 1 aliphatic rings. The second kappa shape index (κ2) is 6.13. The molecule has 1 aliphatic heterocycles. The summed E-state index contributed by atoms with van der Waals surface area (Å²) >= 11 is 0. The molecule has 0 saturated carbocycles. The number of rotatable bonds is 2.